The molecule has 0 radical (unpaired) electrons. The third-order valence-corrected chi connectivity index (χ3v) is 4.48. The van der Waals surface area contributed by atoms with Gasteiger partial charge in [-0.2, -0.15) is 13.2 Å². The first-order valence-corrected chi connectivity index (χ1v) is 8.85. The lowest BCUT2D eigenvalue weighted by atomic mass is 10.3. The first-order valence-electron chi connectivity index (χ1n) is 7.36. The summed E-state index contributed by atoms with van der Waals surface area (Å²) < 4.78 is 69.5. The van der Waals surface area contributed by atoms with Gasteiger partial charge in [-0.05, 0) is 43.3 Å². The van der Waals surface area contributed by atoms with Gasteiger partial charge in [0.15, 0.2) is 0 Å². The summed E-state index contributed by atoms with van der Waals surface area (Å²) in [5, 5.41) is 2.18. The Bertz CT molecular complexity index is 806. The Labute approximate surface area is 143 Å². The fraction of sp³-hybridized carbons (Fsp3) is 0.250. The molecule has 0 aliphatic carbocycles. The molecule has 136 valence electrons. The van der Waals surface area contributed by atoms with Crippen LogP contribution < -0.4 is 14.8 Å². The maximum Gasteiger partial charge on any atom is 0.405 e. The Morgan fingerprint density at radius 3 is 2.16 bits per heavy atom. The smallest absolute Gasteiger partial charge is 0.405 e. The number of rotatable bonds is 7. The fourth-order valence-electron chi connectivity index (χ4n) is 2.01. The van der Waals surface area contributed by atoms with Gasteiger partial charge in [0.2, 0.25) is 0 Å². The van der Waals surface area contributed by atoms with Gasteiger partial charge in [0.05, 0.1) is 22.9 Å². The molecule has 0 heterocycles. The largest absolute Gasteiger partial charge is 0.494 e. The number of benzene rings is 2. The van der Waals surface area contributed by atoms with Crippen molar-refractivity contribution >= 4 is 21.4 Å². The molecule has 2 rings (SSSR count). The average Bonchev–Trinajstić information content (AvgIpc) is 2.54. The minimum Gasteiger partial charge on any atom is -0.494 e. The van der Waals surface area contributed by atoms with Crippen molar-refractivity contribution in [3.63, 3.8) is 0 Å². The molecule has 0 bridgehead atoms. The number of nitrogens with one attached hydrogen (secondary N) is 2. The van der Waals surface area contributed by atoms with Crippen LogP contribution in [0.3, 0.4) is 0 Å². The summed E-state index contributed by atoms with van der Waals surface area (Å²) in [6.45, 7) is 0.981. The summed E-state index contributed by atoms with van der Waals surface area (Å²) in [6.07, 6.45) is -4.42. The van der Waals surface area contributed by atoms with Crippen LogP contribution in [0.2, 0.25) is 0 Å². The lowest BCUT2D eigenvalue weighted by molar-refractivity contribution is -0.115. The first-order chi connectivity index (χ1) is 11.7. The summed E-state index contributed by atoms with van der Waals surface area (Å²) in [5.74, 6) is 0.522. The number of ether oxygens (including phenoxy) is 1. The van der Waals surface area contributed by atoms with Crippen molar-refractivity contribution in [2.45, 2.75) is 18.0 Å². The van der Waals surface area contributed by atoms with Crippen LogP contribution in [0.15, 0.2) is 53.4 Å². The van der Waals surface area contributed by atoms with Crippen molar-refractivity contribution in [3.8, 4) is 5.75 Å². The summed E-state index contributed by atoms with van der Waals surface area (Å²) in [5.41, 5.74) is 0.0648. The molecule has 0 atom stereocenters. The highest BCUT2D eigenvalue weighted by atomic mass is 32.2. The van der Waals surface area contributed by atoms with E-state index in [0.29, 0.717) is 12.4 Å². The Kier molecular flexibility index (Phi) is 5.78. The second-order valence-electron chi connectivity index (χ2n) is 5.02. The molecule has 0 fully saturated rings. The quantitative estimate of drug-likeness (QED) is 0.772. The van der Waals surface area contributed by atoms with E-state index < -0.39 is 22.7 Å². The maximum atomic E-state index is 12.4. The molecule has 0 amide bonds. The fourth-order valence-corrected chi connectivity index (χ4v) is 3.09. The van der Waals surface area contributed by atoms with Crippen molar-refractivity contribution in [3.05, 3.63) is 48.5 Å². The number of alkyl halides is 3. The van der Waals surface area contributed by atoms with Crippen LogP contribution in [0.1, 0.15) is 6.92 Å². The summed E-state index contributed by atoms with van der Waals surface area (Å²) in [6, 6.07) is 11.5. The summed E-state index contributed by atoms with van der Waals surface area (Å²) >= 11 is 0. The molecule has 25 heavy (non-hydrogen) atoms. The summed E-state index contributed by atoms with van der Waals surface area (Å²) in [7, 11) is -3.95. The maximum absolute atomic E-state index is 12.4. The highest BCUT2D eigenvalue weighted by Gasteiger charge is 2.27. The second kappa shape index (κ2) is 7.64. The lowest BCUT2D eigenvalue weighted by Crippen LogP contribution is -2.22. The zero-order valence-corrected chi connectivity index (χ0v) is 14.1. The van der Waals surface area contributed by atoms with Crippen LogP contribution >= 0.6 is 0 Å². The molecule has 0 saturated heterocycles. The highest BCUT2D eigenvalue weighted by Crippen LogP contribution is 2.26. The number of anilines is 2. The topological polar surface area (TPSA) is 67.4 Å². The van der Waals surface area contributed by atoms with E-state index in [1.807, 2.05) is 0 Å². The molecule has 9 heteroatoms. The summed E-state index contributed by atoms with van der Waals surface area (Å²) in [4.78, 5) is -0.0263. The van der Waals surface area contributed by atoms with E-state index in [2.05, 4.69) is 10.0 Å². The van der Waals surface area contributed by atoms with Gasteiger partial charge in [0.25, 0.3) is 10.0 Å². The molecule has 0 unspecified atom stereocenters. The van der Waals surface area contributed by atoms with Crippen LogP contribution in [0, 0.1) is 0 Å². The van der Waals surface area contributed by atoms with Crippen molar-refractivity contribution in [1.29, 1.82) is 0 Å². The predicted octanol–water partition coefficient (Wildman–Crippen LogP) is 3.86. The third-order valence-electron chi connectivity index (χ3n) is 3.10. The molecular formula is C16H17F3N2O3S. The SMILES string of the molecule is CCOc1ccc(S(=O)(=O)Nc2ccccc2NCC(F)(F)F)cc1. The first kappa shape index (κ1) is 18.9. The van der Waals surface area contributed by atoms with E-state index in [-0.39, 0.29) is 16.3 Å². The number of hydrogen-bond donors (Lipinski definition) is 2. The third kappa shape index (κ3) is 5.56. The van der Waals surface area contributed by atoms with Crippen molar-refractivity contribution in [2.75, 3.05) is 23.2 Å². The van der Waals surface area contributed by atoms with E-state index in [1.54, 1.807) is 6.92 Å². The zero-order valence-electron chi connectivity index (χ0n) is 13.3. The number of hydrogen-bond acceptors (Lipinski definition) is 4. The normalized spacial score (nSPS) is 11.8. The van der Waals surface area contributed by atoms with E-state index in [0.717, 1.165) is 0 Å². The molecule has 0 saturated carbocycles. The van der Waals surface area contributed by atoms with Gasteiger partial charge in [-0.3, -0.25) is 4.72 Å². The van der Waals surface area contributed by atoms with Gasteiger partial charge in [-0.25, -0.2) is 8.42 Å². The molecule has 0 aromatic heterocycles. The molecule has 2 aromatic carbocycles. The van der Waals surface area contributed by atoms with E-state index in [9.17, 15) is 21.6 Å². The predicted molar refractivity (Wildman–Crippen MR) is 89.4 cm³/mol. The Hall–Kier alpha value is -2.42. The number of para-hydroxylation sites is 2. The van der Waals surface area contributed by atoms with Gasteiger partial charge >= 0.3 is 6.18 Å². The van der Waals surface area contributed by atoms with E-state index >= 15 is 0 Å². The molecule has 2 aromatic rings. The minimum atomic E-state index is -4.42. The monoisotopic (exact) mass is 374 g/mol. The van der Waals surface area contributed by atoms with Crippen LogP contribution in [0.25, 0.3) is 0 Å². The van der Waals surface area contributed by atoms with Gasteiger partial charge < -0.3 is 10.1 Å². The zero-order chi connectivity index (χ0) is 18.5. The Morgan fingerprint density at radius 1 is 1.00 bits per heavy atom. The van der Waals surface area contributed by atoms with Gasteiger partial charge in [-0.15, -0.1) is 0 Å². The molecule has 2 N–H and O–H groups in total. The van der Waals surface area contributed by atoms with Gasteiger partial charge in [0.1, 0.15) is 12.3 Å². The van der Waals surface area contributed by atoms with Crippen molar-refractivity contribution in [2.24, 2.45) is 0 Å². The van der Waals surface area contributed by atoms with Gasteiger partial charge in [0, 0.05) is 0 Å². The molecule has 0 spiro atoms. The van der Waals surface area contributed by atoms with Crippen molar-refractivity contribution < 1.29 is 26.3 Å². The standard InChI is InChI=1S/C16H17F3N2O3S/c1-2-24-12-7-9-13(10-8-12)25(22,23)21-15-6-4-3-5-14(15)20-11-16(17,18)19/h3-10,20-21H,2,11H2,1H3. The molecule has 0 aliphatic heterocycles. The van der Waals surface area contributed by atoms with Crippen LogP contribution in [0.5, 0.6) is 5.75 Å². The van der Waals surface area contributed by atoms with E-state index in [1.165, 1.54) is 48.5 Å². The highest BCUT2D eigenvalue weighted by molar-refractivity contribution is 7.92. The molecular weight excluding hydrogens is 357 g/mol. The van der Waals surface area contributed by atoms with E-state index in [4.69, 9.17) is 4.74 Å². The lowest BCUT2D eigenvalue weighted by Gasteiger charge is -2.15. The van der Waals surface area contributed by atoms with Crippen LogP contribution in [-0.2, 0) is 10.0 Å². The van der Waals surface area contributed by atoms with Crippen molar-refractivity contribution in [1.82, 2.24) is 0 Å². The molecule has 5 nitrogen and oxygen atoms in total. The Balaban J connectivity index is 2.20. The van der Waals surface area contributed by atoms with Crippen LogP contribution in [-0.4, -0.2) is 27.7 Å². The second-order valence-corrected chi connectivity index (χ2v) is 6.71. The van der Waals surface area contributed by atoms with Gasteiger partial charge in [-0.1, -0.05) is 12.1 Å². The Morgan fingerprint density at radius 2 is 1.60 bits per heavy atom. The number of sulfonamides is 1. The average molecular weight is 374 g/mol. The molecule has 0 aliphatic rings. The minimum absolute atomic E-state index is 0.0263. The number of halogens is 3. The van der Waals surface area contributed by atoms with Crippen LogP contribution in [0.4, 0.5) is 24.5 Å².